The van der Waals surface area contributed by atoms with Crippen molar-refractivity contribution < 1.29 is 14.3 Å². The first-order valence-corrected chi connectivity index (χ1v) is 24.6. The van der Waals surface area contributed by atoms with Crippen molar-refractivity contribution in [1.29, 1.82) is 0 Å². The highest BCUT2D eigenvalue weighted by Gasteiger charge is 2.09. The van der Waals surface area contributed by atoms with Gasteiger partial charge in [0.15, 0.2) is 0 Å². The van der Waals surface area contributed by atoms with Gasteiger partial charge in [0.1, 0.15) is 0 Å². The molecule has 0 heterocycles. The minimum absolute atomic E-state index is 0.363. The van der Waals surface area contributed by atoms with Crippen molar-refractivity contribution in [1.82, 2.24) is 9.80 Å². The van der Waals surface area contributed by atoms with Crippen molar-refractivity contribution in [2.24, 2.45) is 0 Å². The van der Waals surface area contributed by atoms with Gasteiger partial charge in [-0.3, -0.25) is 9.59 Å². The van der Waals surface area contributed by atoms with Crippen LogP contribution < -0.4 is 0 Å². The molecule has 0 aromatic carbocycles. The van der Waals surface area contributed by atoms with Crippen molar-refractivity contribution in [2.45, 2.75) is 267 Å². The Morgan fingerprint density at radius 3 is 0.685 bits per heavy atom. The lowest BCUT2D eigenvalue weighted by Crippen LogP contribution is -2.27. The van der Waals surface area contributed by atoms with Crippen LogP contribution >= 0.6 is 0 Å². The number of rotatable bonds is 39. The van der Waals surface area contributed by atoms with Gasteiger partial charge in [-0.15, -0.1) is 0 Å². The summed E-state index contributed by atoms with van der Waals surface area (Å²) in [6.07, 6.45) is 41.4. The van der Waals surface area contributed by atoms with E-state index in [0.717, 1.165) is 44.9 Å². The number of carbonyl (C=O) groups excluding carboxylic acids is 2. The van der Waals surface area contributed by atoms with E-state index in [2.05, 4.69) is 65.2 Å². The zero-order valence-corrected chi connectivity index (χ0v) is 38.7. The van der Waals surface area contributed by atoms with Gasteiger partial charge in [-0.25, -0.2) is 0 Å². The van der Waals surface area contributed by atoms with Crippen LogP contribution in [0.4, 0.5) is 0 Å². The number of hydrogen-bond acceptors (Lipinski definition) is 5. The fourth-order valence-electron chi connectivity index (χ4n) is 6.69. The first-order chi connectivity index (χ1) is 26.4. The second-order valence-electron chi connectivity index (χ2n) is 16.2. The molecule has 0 spiro atoms. The fourth-order valence-corrected chi connectivity index (χ4v) is 6.69. The number of unbranched alkanes of at least 4 members (excludes halogenated alkanes) is 23. The van der Waals surface area contributed by atoms with E-state index >= 15 is 0 Å². The molecule has 0 aliphatic rings. The molecule has 0 bridgehead atoms. The van der Waals surface area contributed by atoms with E-state index in [0.29, 0.717) is 12.8 Å². The monoisotopic (exact) mass is 767 g/mol. The van der Waals surface area contributed by atoms with Crippen LogP contribution in [0, 0.1) is 0 Å². The molecule has 0 saturated heterocycles. The number of ether oxygens (including phenoxy) is 1. The molecule has 0 aliphatic carbocycles. The Labute approximate surface area is 341 Å². The van der Waals surface area contributed by atoms with Crippen LogP contribution in [0.2, 0.25) is 0 Å². The average Bonchev–Trinajstić information content (AvgIpc) is 3.17. The Hall–Kier alpha value is -0.940. The second kappa shape index (κ2) is 52.1. The van der Waals surface area contributed by atoms with E-state index in [1.807, 2.05) is 0 Å². The van der Waals surface area contributed by atoms with Crippen molar-refractivity contribution in [3.05, 3.63) is 0 Å². The largest absolute Gasteiger partial charge is 0.393 e. The highest BCUT2D eigenvalue weighted by atomic mass is 16.6. The van der Waals surface area contributed by atoms with Gasteiger partial charge in [0.2, 0.25) is 0 Å². The molecule has 0 aromatic heterocycles. The third-order valence-corrected chi connectivity index (χ3v) is 10.4. The smallest absolute Gasteiger partial charge is 0.313 e. The van der Waals surface area contributed by atoms with Gasteiger partial charge in [-0.05, 0) is 90.6 Å². The summed E-state index contributed by atoms with van der Waals surface area (Å²) in [4.78, 5) is 27.9. The van der Waals surface area contributed by atoms with Gasteiger partial charge < -0.3 is 14.5 Å². The number of nitrogens with zero attached hydrogens (tertiary/aromatic N) is 2. The molecular formula is C49H102N2O3. The first kappa shape index (κ1) is 57.4. The van der Waals surface area contributed by atoms with E-state index in [1.165, 1.54) is 193 Å². The molecule has 0 saturated carbocycles. The summed E-state index contributed by atoms with van der Waals surface area (Å²) >= 11 is 0. The van der Waals surface area contributed by atoms with Crippen LogP contribution in [-0.4, -0.2) is 61.0 Å². The topological polar surface area (TPSA) is 49.9 Å². The molecule has 0 atom stereocenters. The normalized spacial score (nSPS) is 11.0. The molecule has 54 heavy (non-hydrogen) atoms. The van der Waals surface area contributed by atoms with Crippen molar-refractivity contribution in [2.75, 3.05) is 39.3 Å². The van der Waals surface area contributed by atoms with E-state index in [9.17, 15) is 9.59 Å². The molecule has 0 amide bonds. The van der Waals surface area contributed by atoms with E-state index in [1.54, 1.807) is 0 Å². The molecular weight excluding hydrogens is 665 g/mol. The van der Waals surface area contributed by atoms with Gasteiger partial charge in [0.25, 0.3) is 0 Å². The predicted octanol–water partition coefficient (Wildman–Crippen LogP) is 15.7. The van der Waals surface area contributed by atoms with Gasteiger partial charge in [-0.1, -0.05) is 203 Å². The number of esters is 2. The highest BCUT2D eigenvalue weighted by molar-refractivity contribution is 5.85. The highest BCUT2D eigenvalue weighted by Crippen LogP contribution is 2.10. The predicted molar refractivity (Wildman–Crippen MR) is 242 cm³/mol. The molecule has 0 rings (SSSR count). The zero-order valence-electron chi connectivity index (χ0n) is 38.7. The zero-order chi connectivity index (χ0) is 40.6. The lowest BCUT2D eigenvalue weighted by molar-refractivity contribution is -0.159. The summed E-state index contributed by atoms with van der Waals surface area (Å²) in [6.45, 7) is 26.1. The fraction of sp³-hybridized carbons (Fsp3) is 0.959. The Bertz CT molecular complexity index is 607. The summed E-state index contributed by atoms with van der Waals surface area (Å²) in [5, 5.41) is 0. The molecule has 0 N–H and O–H groups in total. The third-order valence-electron chi connectivity index (χ3n) is 10.4. The lowest BCUT2D eigenvalue weighted by atomic mass is 10.1. The summed E-state index contributed by atoms with van der Waals surface area (Å²) in [6, 6.07) is 0. The minimum Gasteiger partial charge on any atom is -0.393 e. The van der Waals surface area contributed by atoms with Gasteiger partial charge in [0, 0.05) is 12.8 Å². The van der Waals surface area contributed by atoms with Crippen molar-refractivity contribution >= 4 is 11.9 Å². The van der Waals surface area contributed by atoms with Crippen LogP contribution in [0.25, 0.3) is 0 Å². The second-order valence-corrected chi connectivity index (χ2v) is 16.2. The number of carbonyl (C=O) groups is 2. The summed E-state index contributed by atoms with van der Waals surface area (Å²) in [7, 11) is 0. The van der Waals surface area contributed by atoms with Crippen LogP contribution in [0.3, 0.4) is 0 Å². The Morgan fingerprint density at radius 2 is 0.463 bits per heavy atom. The van der Waals surface area contributed by atoms with Crippen molar-refractivity contribution in [3.8, 4) is 0 Å². The maximum Gasteiger partial charge on any atom is 0.313 e. The van der Waals surface area contributed by atoms with Crippen molar-refractivity contribution in [3.63, 3.8) is 0 Å². The van der Waals surface area contributed by atoms with Crippen LogP contribution in [0.15, 0.2) is 0 Å². The third kappa shape index (κ3) is 51.1. The summed E-state index contributed by atoms with van der Waals surface area (Å²) in [5.74, 6) is -0.730. The molecule has 5 heteroatoms. The van der Waals surface area contributed by atoms with Crippen LogP contribution in [-0.2, 0) is 14.3 Å². The maximum absolute atomic E-state index is 11.2. The average molecular weight is 767 g/mol. The van der Waals surface area contributed by atoms with Gasteiger partial charge in [0.05, 0.1) is 0 Å². The Kier molecular flexibility index (Phi) is 55.3. The molecule has 326 valence electrons. The van der Waals surface area contributed by atoms with E-state index in [-0.39, 0.29) is 11.9 Å². The molecule has 0 unspecified atom stereocenters. The van der Waals surface area contributed by atoms with Crippen LogP contribution in [0.1, 0.15) is 267 Å². The van der Waals surface area contributed by atoms with Gasteiger partial charge in [-0.2, -0.15) is 0 Å². The maximum atomic E-state index is 11.2. The van der Waals surface area contributed by atoms with Gasteiger partial charge >= 0.3 is 11.9 Å². The van der Waals surface area contributed by atoms with E-state index < -0.39 is 0 Å². The molecule has 0 fully saturated rings. The summed E-state index contributed by atoms with van der Waals surface area (Å²) < 4.78 is 4.70. The minimum atomic E-state index is -0.367. The first-order valence-electron chi connectivity index (χ1n) is 24.6. The SMILES string of the molecule is CCCCCCC(=O)OC(=O)CCCCC.CCCCCCN(CCCCCC)CCCCCC.CCCCCCN(CCCCCC)CCCCCC. The standard InChI is InChI=1S/2C18H39N.C13H24O3/c2*1-4-7-10-13-16-19(17-14-11-8-5-2)18-15-12-9-6-3;1-3-5-7-9-11-13(15)16-12(14)10-8-6-4-2/h2*4-18H2,1-3H3;3-11H2,1-2H3. The van der Waals surface area contributed by atoms with E-state index in [4.69, 9.17) is 4.74 Å². The number of hydrogen-bond donors (Lipinski definition) is 0. The molecule has 0 aromatic rings. The molecule has 0 aliphatic heterocycles. The molecule has 0 radical (unpaired) electrons. The van der Waals surface area contributed by atoms with Crippen LogP contribution in [0.5, 0.6) is 0 Å². The Balaban J connectivity index is -0.000000726. The molecule has 5 nitrogen and oxygen atoms in total. The Morgan fingerprint density at radius 1 is 0.278 bits per heavy atom. The summed E-state index contributed by atoms with van der Waals surface area (Å²) in [5.41, 5.74) is 0. The quantitative estimate of drug-likeness (QED) is 0.0354. The lowest BCUT2D eigenvalue weighted by Gasteiger charge is -2.22.